The van der Waals surface area contributed by atoms with Gasteiger partial charge in [-0.3, -0.25) is 0 Å². The van der Waals surface area contributed by atoms with Crippen LogP contribution in [0.1, 0.15) is 29.0 Å². The molecule has 164 valence electrons. The summed E-state index contributed by atoms with van der Waals surface area (Å²) in [4.78, 5) is 0.275. The van der Waals surface area contributed by atoms with Gasteiger partial charge in [0.05, 0.1) is 24.1 Å². The highest BCUT2D eigenvalue weighted by molar-refractivity contribution is 7.90. The average molecular weight is 448 g/mol. The molecule has 1 aliphatic heterocycles. The van der Waals surface area contributed by atoms with Crippen LogP contribution in [0.4, 0.5) is 0 Å². The largest absolute Gasteiger partial charge is 0.497 e. The van der Waals surface area contributed by atoms with Crippen LogP contribution in [0.25, 0.3) is 10.9 Å². The summed E-state index contributed by atoms with van der Waals surface area (Å²) in [5.41, 5.74) is 4.02. The maximum absolute atomic E-state index is 13.3. The number of methoxy groups -OCH3 is 1. The highest BCUT2D eigenvalue weighted by Gasteiger charge is 2.26. The minimum atomic E-state index is -3.68. The Labute approximate surface area is 188 Å². The molecule has 2 heterocycles. The zero-order valence-electron chi connectivity index (χ0n) is 18.1. The predicted octanol–water partition coefficient (Wildman–Crippen LogP) is 5.30. The van der Waals surface area contributed by atoms with Gasteiger partial charge in [-0.2, -0.15) is 0 Å². The first-order valence-corrected chi connectivity index (χ1v) is 12.1. The second kappa shape index (κ2) is 8.02. The first-order chi connectivity index (χ1) is 15.5. The van der Waals surface area contributed by atoms with E-state index in [9.17, 15) is 8.42 Å². The van der Waals surface area contributed by atoms with E-state index in [0.717, 1.165) is 40.9 Å². The third kappa shape index (κ3) is 3.54. The minimum Gasteiger partial charge on any atom is -0.497 e. The number of nitrogens with zero attached hydrogens (tertiary/aromatic N) is 1. The van der Waals surface area contributed by atoms with Crippen LogP contribution in [0, 0.1) is 6.92 Å². The standard InChI is InChI=1S/C26H25NO4S/c1-18-3-9-22(10-4-18)32(28,29)27-15-13-24-25(27)12-11-23-20(14-16-31-26(23)24)17-19-5-7-21(30-2)8-6-19/h3-13,15,20H,14,16-17H2,1-2H3/t20-/m0/s1. The smallest absolute Gasteiger partial charge is 0.268 e. The lowest BCUT2D eigenvalue weighted by Crippen LogP contribution is -2.17. The molecule has 5 nitrogen and oxygen atoms in total. The molecule has 0 saturated carbocycles. The Morgan fingerprint density at radius 3 is 2.47 bits per heavy atom. The van der Waals surface area contributed by atoms with E-state index < -0.39 is 10.0 Å². The minimum absolute atomic E-state index is 0.275. The Balaban J connectivity index is 1.52. The van der Waals surface area contributed by atoms with Gasteiger partial charge < -0.3 is 9.47 Å². The van der Waals surface area contributed by atoms with Crippen molar-refractivity contribution in [2.75, 3.05) is 13.7 Å². The Kier molecular flexibility index (Phi) is 5.18. The fraction of sp³-hybridized carbons (Fsp3) is 0.231. The van der Waals surface area contributed by atoms with Crippen LogP contribution in [-0.2, 0) is 16.4 Å². The van der Waals surface area contributed by atoms with Crippen molar-refractivity contribution < 1.29 is 17.9 Å². The molecule has 1 aliphatic rings. The first kappa shape index (κ1) is 20.6. The molecule has 0 saturated heterocycles. The number of ether oxygens (including phenoxy) is 2. The van der Waals surface area contributed by atoms with E-state index in [4.69, 9.17) is 9.47 Å². The highest BCUT2D eigenvalue weighted by atomic mass is 32.2. The number of aryl methyl sites for hydroxylation is 1. The molecule has 0 fully saturated rings. The van der Waals surface area contributed by atoms with Gasteiger partial charge in [0.15, 0.2) is 0 Å². The summed E-state index contributed by atoms with van der Waals surface area (Å²) in [6.07, 6.45) is 3.44. The molecule has 1 atom stereocenters. The maximum Gasteiger partial charge on any atom is 0.268 e. The zero-order chi connectivity index (χ0) is 22.3. The average Bonchev–Trinajstić information content (AvgIpc) is 3.26. The van der Waals surface area contributed by atoms with Crippen molar-refractivity contribution in [2.24, 2.45) is 0 Å². The Morgan fingerprint density at radius 1 is 1.00 bits per heavy atom. The second-order valence-electron chi connectivity index (χ2n) is 8.23. The molecule has 0 spiro atoms. The van der Waals surface area contributed by atoms with Gasteiger partial charge in [0.1, 0.15) is 11.5 Å². The van der Waals surface area contributed by atoms with Crippen molar-refractivity contribution >= 4 is 20.9 Å². The van der Waals surface area contributed by atoms with Crippen LogP contribution in [0.5, 0.6) is 11.5 Å². The van der Waals surface area contributed by atoms with Gasteiger partial charge in [-0.05, 0) is 73.2 Å². The number of benzene rings is 3. The van der Waals surface area contributed by atoms with Gasteiger partial charge in [-0.25, -0.2) is 12.4 Å². The van der Waals surface area contributed by atoms with Gasteiger partial charge >= 0.3 is 0 Å². The number of rotatable bonds is 5. The first-order valence-electron chi connectivity index (χ1n) is 10.7. The molecule has 4 aromatic rings. The van der Waals surface area contributed by atoms with Crippen molar-refractivity contribution in [2.45, 2.75) is 30.6 Å². The normalized spacial score (nSPS) is 15.9. The third-order valence-corrected chi connectivity index (χ3v) is 7.89. The van der Waals surface area contributed by atoms with Gasteiger partial charge in [-0.15, -0.1) is 0 Å². The van der Waals surface area contributed by atoms with Gasteiger partial charge in [0.25, 0.3) is 10.0 Å². The van der Waals surface area contributed by atoms with Crippen LogP contribution in [0.15, 0.2) is 77.8 Å². The van der Waals surface area contributed by atoms with E-state index in [-0.39, 0.29) is 4.90 Å². The fourth-order valence-electron chi connectivity index (χ4n) is 4.41. The van der Waals surface area contributed by atoms with Crippen LogP contribution >= 0.6 is 0 Å². The van der Waals surface area contributed by atoms with Crippen molar-refractivity contribution in [3.63, 3.8) is 0 Å². The highest BCUT2D eigenvalue weighted by Crippen LogP contribution is 2.41. The lowest BCUT2D eigenvalue weighted by molar-refractivity contribution is 0.270. The predicted molar refractivity (Wildman–Crippen MR) is 125 cm³/mol. The SMILES string of the molecule is COc1ccc(C[C@@H]2CCOc3c2ccc2c3ccn2S(=O)(=O)c2ccc(C)cc2)cc1. The summed E-state index contributed by atoms with van der Waals surface area (Å²) in [6.45, 7) is 2.55. The summed E-state index contributed by atoms with van der Waals surface area (Å²) >= 11 is 0. The van der Waals surface area contributed by atoms with Crippen LogP contribution < -0.4 is 9.47 Å². The molecule has 0 bridgehead atoms. The quantitative estimate of drug-likeness (QED) is 0.416. The molecule has 32 heavy (non-hydrogen) atoms. The van der Waals surface area contributed by atoms with Gasteiger partial charge in [0.2, 0.25) is 0 Å². The van der Waals surface area contributed by atoms with Crippen molar-refractivity contribution in [1.82, 2.24) is 3.97 Å². The van der Waals surface area contributed by atoms with E-state index in [2.05, 4.69) is 12.1 Å². The lowest BCUT2D eigenvalue weighted by Gasteiger charge is -2.27. The molecule has 0 N–H and O–H groups in total. The molecule has 3 aromatic carbocycles. The van der Waals surface area contributed by atoms with E-state index in [1.165, 1.54) is 9.54 Å². The molecule has 0 amide bonds. The Hall–Kier alpha value is -3.25. The van der Waals surface area contributed by atoms with Crippen molar-refractivity contribution in [3.05, 3.63) is 89.6 Å². The lowest BCUT2D eigenvalue weighted by atomic mass is 9.87. The summed E-state index contributed by atoms with van der Waals surface area (Å²) in [5.74, 6) is 1.96. The Morgan fingerprint density at radius 2 is 1.75 bits per heavy atom. The summed E-state index contributed by atoms with van der Waals surface area (Å²) < 4.78 is 39.2. The molecular formula is C26H25NO4S. The number of fused-ring (bicyclic) bond motifs is 3. The number of aromatic nitrogens is 1. The van der Waals surface area contributed by atoms with E-state index in [1.807, 2.05) is 49.4 Å². The molecule has 6 heteroatoms. The summed E-state index contributed by atoms with van der Waals surface area (Å²) in [7, 11) is -2.02. The summed E-state index contributed by atoms with van der Waals surface area (Å²) in [5, 5.41) is 0.831. The molecule has 0 unspecified atom stereocenters. The topological polar surface area (TPSA) is 57.5 Å². The second-order valence-corrected chi connectivity index (χ2v) is 10.0. The Bertz CT molecular complexity index is 1370. The van der Waals surface area contributed by atoms with Crippen molar-refractivity contribution in [3.8, 4) is 11.5 Å². The van der Waals surface area contributed by atoms with Crippen LogP contribution in [-0.4, -0.2) is 26.1 Å². The molecule has 0 radical (unpaired) electrons. The van der Waals surface area contributed by atoms with Gasteiger partial charge in [0, 0.05) is 11.6 Å². The molecular weight excluding hydrogens is 422 g/mol. The van der Waals surface area contributed by atoms with Gasteiger partial charge in [-0.1, -0.05) is 35.9 Å². The zero-order valence-corrected chi connectivity index (χ0v) is 18.9. The monoisotopic (exact) mass is 447 g/mol. The molecule has 5 rings (SSSR count). The van der Waals surface area contributed by atoms with Crippen LogP contribution in [0.2, 0.25) is 0 Å². The van der Waals surface area contributed by atoms with E-state index in [1.54, 1.807) is 25.4 Å². The maximum atomic E-state index is 13.3. The molecule has 1 aromatic heterocycles. The number of hydrogen-bond acceptors (Lipinski definition) is 4. The van der Waals surface area contributed by atoms with E-state index >= 15 is 0 Å². The molecule has 0 aliphatic carbocycles. The van der Waals surface area contributed by atoms with Crippen LogP contribution in [0.3, 0.4) is 0 Å². The van der Waals surface area contributed by atoms with Crippen molar-refractivity contribution in [1.29, 1.82) is 0 Å². The third-order valence-electron chi connectivity index (χ3n) is 6.19. The fourth-order valence-corrected chi connectivity index (χ4v) is 5.76. The van der Waals surface area contributed by atoms with E-state index in [0.29, 0.717) is 18.0 Å². The summed E-state index contributed by atoms with van der Waals surface area (Å²) in [6, 6.07) is 20.8. The number of hydrogen-bond donors (Lipinski definition) is 0.